The maximum Gasteiger partial charge on any atom is 0.351 e. The molecule has 4 rings (SSSR count). The van der Waals surface area contributed by atoms with Gasteiger partial charge in [0.25, 0.3) is 5.91 Å². The van der Waals surface area contributed by atoms with Gasteiger partial charge in [-0.3, -0.25) is 14.5 Å². The number of carbonyl (C=O) groups is 3. The first-order valence-corrected chi connectivity index (χ1v) is 10.9. The minimum Gasteiger partial charge on any atom is -0.486 e. The van der Waals surface area contributed by atoms with Crippen molar-refractivity contribution in [3.05, 3.63) is 69.9 Å². The lowest BCUT2D eigenvalue weighted by Gasteiger charge is -2.30. The molecule has 0 saturated carbocycles. The van der Waals surface area contributed by atoms with Crippen LogP contribution in [0.15, 0.2) is 48.5 Å². The standard InChI is InChI=1S/C23H20FN3O5S/c1-13-21(33-20(25-13)12-31-16-9-7-15(24)8-10-16)23(30)32-14(2)22(29)27-11-19(28)26-17-5-3-4-6-18(17)27/h3-10,14H,11-12H2,1-2H3,(H,26,28)/t14-/m1/s1. The zero-order chi connectivity index (χ0) is 23.5. The molecule has 10 heteroatoms. The average Bonchev–Trinajstić information content (AvgIpc) is 3.18. The van der Waals surface area contributed by atoms with Crippen LogP contribution in [-0.4, -0.2) is 35.4 Å². The molecular formula is C23H20FN3O5S. The summed E-state index contributed by atoms with van der Waals surface area (Å²) >= 11 is 1.09. The van der Waals surface area contributed by atoms with Crippen molar-refractivity contribution < 1.29 is 28.2 Å². The number of aryl methyl sites for hydroxylation is 1. The van der Waals surface area contributed by atoms with Crippen molar-refractivity contribution in [2.45, 2.75) is 26.6 Å². The SMILES string of the molecule is Cc1nc(COc2ccc(F)cc2)sc1C(=O)O[C@H](C)C(=O)N1CC(=O)Nc2ccccc21. The number of hydrogen-bond acceptors (Lipinski definition) is 7. The maximum absolute atomic E-state index is 13.0. The molecule has 0 radical (unpaired) electrons. The Morgan fingerprint density at radius 2 is 1.94 bits per heavy atom. The first-order valence-electron chi connectivity index (χ1n) is 10.1. The number of fused-ring (bicyclic) bond motifs is 1. The summed E-state index contributed by atoms with van der Waals surface area (Å²) < 4.78 is 24.0. The zero-order valence-electron chi connectivity index (χ0n) is 17.8. The summed E-state index contributed by atoms with van der Waals surface area (Å²) in [6.45, 7) is 3.05. The van der Waals surface area contributed by atoms with Gasteiger partial charge in [-0.15, -0.1) is 11.3 Å². The minimum atomic E-state index is -1.11. The van der Waals surface area contributed by atoms with E-state index in [1.54, 1.807) is 31.2 Å². The van der Waals surface area contributed by atoms with E-state index >= 15 is 0 Å². The molecule has 0 saturated heterocycles. The number of nitrogens with one attached hydrogen (secondary N) is 1. The van der Waals surface area contributed by atoms with Gasteiger partial charge in [0.15, 0.2) is 6.10 Å². The van der Waals surface area contributed by atoms with Crippen molar-refractivity contribution in [3.8, 4) is 5.75 Å². The van der Waals surface area contributed by atoms with E-state index < -0.39 is 18.0 Å². The lowest BCUT2D eigenvalue weighted by Crippen LogP contribution is -2.47. The Labute approximate surface area is 193 Å². The number of anilines is 2. The predicted molar refractivity (Wildman–Crippen MR) is 120 cm³/mol. The van der Waals surface area contributed by atoms with Crippen molar-refractivity contribution in [1.82, 2.24) is 4.98 Å². The zero-order valence-corrected chi connectivity index (χ0v) is 18.6. The third-order valence-corrected chi connectivity index (χ3v) is 5.98. The molecular weight excluding hydrogens is 449 g/mol. The van der Waals surface area contributed by atoms with Gasteiger partial charge in [-0.2, -0.15) is 0 Å². The van der Waals surface area contributed by atoms with Crippen LogP contribution < -0.4 is 15.0 Å². The van der Waals surface area contributed by atoms with Crippen molar-refractivity contribution in [2.75, 3.05) is 16.8 Å². The number of thiazole rings is 1. The maximum atomic E-state index is 13.0. The third kappa shape index (κ3) is 5.01. The summed E-state index contributed by atoms with van der Waals surface area (Å²) in [7, 11) is 0. The van der Waals surface area contributed by atoms with Crippen LogP contribution >= 0.6 is 11.3 Å². The highest BCUT2D eigenvalue weighted by Crippen LogP contribution is 2.30. The van der Waals surface area contributed by atoms with Gasteiger partial charge >= 0.3 is 5.97 Å². The van der Waals surface area contributed by atoms with Crippen LogP contribution in [0.25, 0.3) is 0 Å². The van der Waals surface area contributed by atoms with E-state index in [2.05, 4.69) is 10.3 Å². The van der Waals surface area contributed by atoms with Crippen LogP contribution in [0.2, 0.25) is 0 Å². The van der Waals surface area contributed by atoms with Crippen molar-refractivity contribution in [1.29, 1.82) is 0 Å². The number of ether oxygens (including phenoxy) is 2. The van der Waals surface area contributed by atoms with E-state index in [1.165, 1.54) is 36.1 Å². The third-order valence-electron chi connectivity index (χ3n) is 4.87. The first-order chi connectivity index (χ1) is 15.8. The molecule has 1 aliphatic rings. The van der Waals surface area contributed by atoms with E-state index in [-0.39, 0.29) is 29.8 Å². The summed E-state index contributed by atoms with van der Waals surface area (Å²) in [5, 5.41) is 3.24. The number of carbonyl (C=O) groups excluding carboxylic acids is 3. The molecule has 1 N–H and O–H groups in total. The highest BCUT2D eigenvalue weighted by atomic mass is 32.1. The highest BCUT2D eigenvalue weighted by Gasteiger charge is 2.32. The molecule has 0 fully saturated rings. The molecule has 170 valence electrons. The van der Waals surface area contributed by atoms with E-state index in [4.69, 9.17) is 9.47 Å². The number of hydrogen-bond donors (Lipinski definition) is 1. The second-order valence-electron chi connectivity index (χ2n) is 7.30. The second-order valence-corrected chi connectivity index (χ2v) is 8.39. The second kappa shape index (κ2) is 9.37. The molecule has 2 aromatic carbocycles. The van der Waals surface area contributed by atoms with Gasteiger partial charge in [0, 0.05) is 0 Å². The van der Waals surface area contributed by atoms with Crippen molar-refractivity contribution in [2.24, 2.45) is 0 Å². The van der Waals surface area contributed by atoms with E-state index in [0.29, 0.717) is 27.8 Å². The highest BCUT2D eigenvalue weighted by molar-refractivity contribution is 7.13. The van der Waals surface area contributed by atoms with E-state index in [1.807, 2.05) is 0 Å². The number of aromatic nitrogens is 1. The molecule has 0 spiro atoms. The minimum absolute atomic E-state index is 0.0958. The topological polar surface area (TPSA) is 97.8 Å². The largest absolute Gasteiger partial charge is 0.486 e. The fraction of sp³-hybridized carbons (Fsp3) is 0.217. The fourth-order valence-electron chi connectivity index (χ4n) is 3.29. The molecule has 33 heavy (non-hydrogen) atoms. The van der Waals surface area contributed by atoms with E-state index in [9.17, 15) is 18.8 Å². The van der Waals surface area contributed by atoms with Gasteiger partial charge in [0.1, 0.15) is 34.6 Å². The van der Waals surface area contributed by atoms with Gasteiger partial charge in [0.05, 0.1) is 17.1 Å². The van der Waals surface area contributed by atoms with Gasteiger partial charge < -0.3 is 14.8 Å². The quantitative estimate of drug-likeness (QED) is 0.553. The van der Waals surface area contributed by atoms with Crippen molar-refractivity contribution >= 4 is 40.5 Å². The Kier molecular flexibility index (Phi) is 6.36. The molecule has 3 aromatic rings. The van der Waals surface area contributed by atoms with Crippen LogP contribution in [0.1, 0.15) is 27.3 Å². The predicted octanol–water partition coefficient (Wildman–Crippen LogP) is 3.70. The molecule has 1 atom stereocenters. The molecule has 1 aromatic heterocycles. The number of amides is 2. The van der Waals surface area contributed by atoms with Gasteiger partial charge in [-0.25, -0.2) is 14.2 Å². The number of rotatable bonds is 6. The summed E-state index contributed by atoms with van der Waals surface area (Å²) in [6.07, 6.45) is -1.11. The summed E-state index contributed by atoms with van der Waals surface area (Å²) in [5.74, 6) is -1.42. The number of halogens is 1. The Morgan fingerprint density at radius 3 is 2.70 bits per heavy atom. The molecule has 0 unspecified atom stereocenters. The smallest absolute Gasteiger partial charge is 0.351 e. The van der Waals surface area contributed by atoms with Crippen LogP contribution in [0.3, 0.4) is 0 Å². The van der Waals surface area contributed by atoms with Crippen molar-refractivity contribution in [3.63, 3.8) is 0 Å². The summed E-state index contributed by atoms with van der Waals surface area (Å²) in [4.78, 5) is 43.5. The number of benzene rings is 2. The van der Waals surface area contributed by atoms with Gasteiger partial charge in [0.2, 0.25) is 5.91 Å². The normalized spacial score (nSPS) is 13.7. The molecule has 8 nitrogen and oxygen atoms in total. The Hall–Kier alpha value is -3.79. The molecule has 0 aliphatic carbocycles. The van der Waals surface area contributed by atoms with Gasteiger partial charge in [-0.1, -0.05) is 12.1 Å². The summed E-state index contributed by atoms with van der Waals surface area (Å²) in [6, 6.07) is 12.5. The van der Waals surface area contributed by atoms with E-state index in [0.717, 1.165) is 11.3 Å². The monoisotopic (exact) mass is 469 g/mol. The lowest BCUT2D eigenvalue weighted by molar-refractivity contribution is -0.128. The molecule has 2 heterocycles. The Bertz CT molecular complexity index is 1210. The van der Waals surface area contributed by atoms with Crippen LogP contribution in [0.5, 0.6) is 5.75 Å². The van der Waals surface area contributed by atoms with Gasteiger partial charge in [-0.05, 0) is 50.2 Å². The molecule has 1 aliphatic heterocycles. The number of para-hydroxylation sites is 2. The van der Waals surface area contributed by atoms with Crippen LogP contribution in [0.4, 0.5) is 15.8 Å². The van der Waals surface area contributed by atoms with Crippen LogP contribution in [0, 0.1) is 12.7 Å². The number of nitrogens with zero attached hydrogens (tertiary/aromatic N) is 2. The molecule has 2 amide bonds. The lowest BCUT2D eigenvalue weighted by atomic mass is 10.1. The number of esters is 1. The van der Waals surface area contributed by atoms with Crippen LogP contribution in [-0.2, 0) is 20.9 Å². The average molecular weight is 469 g/mol. The summed E-state index contributed by atoms with van der Waals surface area (Å²) in [5.41, 5.74) is 1.51. The first kappa shape index (κ1) is 22.4. The fourth-order valence-corrected chi connectivity index (χ4v) is 4.15. The Morgan fingerprint density at radius 1 is 1.21 bits per heavy atom. The molecule has 0 bridgehead atoms. The Balaban J connectivity index is 1.41.